The lowest BCUT2D eigenvalue weighted by Gasteiger charge is -2.39. The van der Waals surface area contributed by atoms with Crippen LogP contribution in [0.1, 0.15) is 33.6 Å². The standard InChI is InChI=1S/C14H23N3/c1-14(2,3)11-5-8-17(9-6-11)13-10-12(15)4-7-16-13/h4,7,10-11H,5-6,8-9H2,1-3H3,(H2,15,16). The van der Waals surface area contributed by atoms with Gasteiger partial charge in [-0.1, -0.05) is 20.8 Å². The molecule has 0 saturated carbocycles. The van der Waals surface area contributed by atoms with Gasteiger partial charge >= 0.3 is 0 Å². The fourth-order valence-corrected chi connectivity index (χ4v) is 2.58. The molecule has 2 N–H and O–H groups in total. The molecule has 1 aliphatic heterocycles. The molecule has 2 heterocycles. The van der Waals surface area contributed by atoms with Crippen LogP contribution < -0.4 is 10.6 Å². The lowest BCUT2D eigenvalue weighted by molar-refractivity contribution is 0.198. The van der Waals surface area contributed by atoms with Crippen molar-refractivity contribution in [1.29, 1.82) is 0 Å². The topological polar surface area (TPSA) is 42.1 Å². The number of pyridine rings is 1. The Labute approximate surface area is 104 Å². The molecule has 17 heavy (non-hydrogen) atoms. The highest BCUT2D eigenvalue weighted by Crippen LogP contribution is 2.35. The van der Waals surface area contributed by atoms with Gasteiger partial charge in [0.2, 0.25) is 0 Å². The molecule has 94 valence electrons. The SMILES string of the molecule is CC(C)(C)C1CCN(c2cc(N)ccn2)CC1. The summed E-state index contributed by atoms with van der Waals surface area (Å²) < 4.78 is 0. The molecule has 1 aromatic rings. The van der Waals surface area contributed by atoms with E-state index in [0.29, 0.717) is 5.41 Å². The van der Waals surface area contributed by atoms with Crippen molar-refractivity contribution in [2.24, 2.45) is 11.3 Å². The van der Waals surface area contributed by atoms with Crippen LogP contribution >= 0.6 is 0 Å². The second kappa shape index (κ2) is 4.55. The summed E-state index contributed by atoms with van der Waals surface area (Å²) in [6, 6.07) is 3.81. The Kier molecular flexibility index (Phi) is 3.27. The predicted octanol–water partition coefficient (Wildman–Crippen LogP) is 2.93. The van der Waals surface area contributed by atoms with Crippen molar-refractivity contribution < 1.29 is 0 Å². The molecule has 0 radical (unpaired) electrons. The van der Waals surface area contributed by atoms with Gasteiger partial charge in [-0.15, -0.1) is 0 Å². The average molecular weight is 233 g/mol. The van der Waals surface area contributed by atoms with E-state index in [4.69, 9.17) is 5.73 Å². The van der Waals surface area contributed by atoms with Crippen molar-refractivity contribution in [3.05, 3.63) is 18.3 Å². The Balaban J connectivity index is 2.00. The molecular formula is C14H23N3. The van der Waals surface area contributed by atoms with Gasteiger partial charge in [-0.3, -0.25) is 0 Å². The van der Waals surface area contributed by atoms with Gasteiger partial charge < -0.3 is 10.6 Å². The fourth-order valence-electron chi connectivity index (χ4n) is 2.58. The van der Waals surface area contributed by atoms with Gasteiger partial charge in [-0.05, 0) is 30.2 Å². The summed E-state index contributed by atoms with van der Waals surface area (Å²) in [5, 5.41) is 0. The maximum atomic E-state index is 5.80. The second-order valence-corrected chi connectivity index (χ2v) is 6.07. The van der Waals surface area contributed by atoms with Crippen LogP contribution in [0.3, 0.4) is 0 Å². The number of nitrogens with two attached hydrogens (primary N) is 1. The molecule has 1 fully saturated rings. The number of rotatable bonds is 1. The van der Waals surface area contributed by atoms with E-state index in [1.165, 1.54) is 12.8 Å². The average Bonchev–Trinajstić information content (AvgIpc) is 2.28. The van der Waals surface area contributed by atoms with E-state index >= 15 is 0 Å². The Bertz CT molecular complexity index is 373. The largest absolute Gasteiger partial charge is 0.399 e. The molecule has 0 aromatic carbocycles. The van der Waals surface area contributed by atoms with Gasteiger partial charge in [0.1, 0.15) is 5.82 Å². The summed E-state index contributed by atoms with van der Waals surface area (Å²) in [4.78, 5) is 6.74. The zero-order chi connectivity index (χ0) is 12.5. The van der Waals surface area contributed by atoms with Crippen LogP contribution in [0.5, 0.6) is 0 Å². The second-order valence-electron chi connectivity index (χ2n) is 6.07. The smallest absolute Gasteiger partial charge is 0.130 e. The quantitative estimate of drug-likeness (QED) is 0.811. The van der Waals surface area contributed by atoms with Gasteiger partial charge in [-0.25, -0.2) is 4.98 Å². The molecule has 0 spiro atoms. The predicted molar refractivity (Wildman–Crippen MR) is 73.0 cm³/mol. The van der Waals surface area contributed by atoms with Crippen molar-refractivity contribution in [3.8, 4) is 0 Å². The lowest BCUT2D eigenvalue weighted by Crippen LogP contribution is -2.38. The van der Waals surface area contributed by atoms with E-state index in [9.17, 15) is 0 Å². The zero-order valence-electron chi connectivity index (χ0n) is 11.1. The third-order valence-corrected chi connectivity index (χ3v) is 3.81. The number of nitrogen functional groups attached to an aromatic ring is 1. The van der Waals surface area contributed by atoms with E-state index in [-0.39, 0.29) is 0 Å². The van der Waals surface area contributed by atoms with Gasteiger partial charge in [-0.2, -0.15) is 0 Å². The summed E-state index contributed by atoms with van der Waals surface area (Å²) in [7, 11) is 0. The van der Waals surface area contributed by atoms with Gasteiger partial charge in [0, 0.05) is 31.0 Å². The van der Waals surface area contributed by atoms with Crippen LogP contribution in [0, 0.1) is 11.3 Å². The van der Waals surface area contributed by atoms with Crippen LogP contribution in [0.25, 0.3) is 0 Å². The van der Waals surface area contributed by atoms with E-state index in [1.807, 2.05) is 12.1 Å². The summed E-state index contributed by atoms with van der Waals surface area (Å²) in [5.41, 5.74) is 7.02. The molecule has 3 nitrogen and oxygen atoms in total. The van der Waals surface area contributed by atoms with Crippen LogP contribution in [0.15, 0.2) is 18.3 Å². The van der Waals surface area contributed by atoms with Crippen LogP contribution in [0.2, 0.25) is 0 Å². The minimum absolute atomic E-state index is 0.426. The number of piperidine rings is 1. The van der Waals surface area contributed by atoms with Crippen LogP contribution in [0.4, 0.5) is 11.5 Å². The zero-order valence-corrected chi connectivity index (χ0v) is 11.1. The van der Waals surface area contributed by atoms with E-state index in [1.54, 1.807) is 6.20 Å². The minimum atomic E-state index is 0.426. The van der Waals surface area contributed by atoms with Crippen LogP contribution in [-0.2, 0) is 0 Å². The third kappa shape index (κ3) is 2.90. The highest BCUT2D eigenvalue weighted by atomic mass is 15.2. The first-order chi connectivity index (χ1) is 7.97. The lowest BCUT2D eigenvalue weighted by atomic mass is 9.75. The summed E-state index contributed by atoms with van der Waals surface area (Å²) in [6.45, 7) is 9.21. The summed E-state index contributed by atoms with van der Waals surface area (Å²) >= 11 is 0. The fraction of sp³-hybridized carbons (Fsp3) is 0.643. The molecule has 0 aliphatic carbocycles. The Morgan fingerprint density at radius 1 is 1.29 bits per heavy atom. The number of hydrogen-bond acceptors (Lipinski definition) is 3. The number of hydrogen-bond donors (Lipinski definition) is 1. The van der Waals surface area contributed by atoms with Gasteiger partial charge in [0.25, 0.3) is 0 Å². The molecule has 0 atom stereocenters. The Morgan fingerprint density at radius 3 is 2.47 bits per heavy atom. The number of aromatic nitrogens is 1. The third-order valence-electron chi connectivity index (χ3n) is 3.81. The first-order valence-electron chi connectivity index (χ1n) is 6.43. The monoisotopic (exact) mass is 233 g/mol. The summed E-state index contributed by atoms with van der Waals surface area (Å²) in [5.74, 6) is 1.84. The molecule has 1 aromatic heterocycles. The molecule has 2 rings (SSSR count). The van der Waals surface area contributed by atoms with E-state index < -0.39 is 0 Å². The normalized spacial score (nSPS) is 18.4. The Hall–Kier alpha value is -1.25. The molecule has 1 aliphatic rings. The first-order valence-corrected chi connectivity index (χ1v) is 6.43. The molecule has 0 unspecified atom stereocenters. The number of nitrogens with zero attached hydrogens (tertiary/aromatic N) is 2. The highest BCUT2D eigenvalue weighted by Gasteiger charge is 2.29. The van der Waals surface area contributed by atoms with Crippen molar-refractivity contribution in [2.45, 2.75) is 33.6 Å². The minimum Gasteiger partial charge on any atom is -0.399 e. The number of anilines is 2. The van der Waals surface area contributed by atoms with Gasteiger partial charge in [0.05, 0.1) is 0 Å². The Morgan fingerprint density at radius 2 is 1.94 bits per heavy atom. The van der Waals surface area contributed by atoms with Crippen molar-refractivity contribution in [2.75, 3.05) is 23.7 Å². The summed E-state index contributed by atoms with van der Waals surface area (Å²) in [6.07, 6.45) is 4.29. The maximum absolute atomic E-state index is 5.80. The molecule has 3 heteroatoms. The van der Waals surface area contributed by atoms with E-state index in [2.05, 4.69) is 30.7 Å². The van der Waals surface area contributed by atoms with Crippen molar-refractivity contribution in [1.82, 2.24) is 4.98 Å². The van der Waals surface area contributed by atoms with Crippen LogP contribution in [-0.4, -0.2) is 18.1 Å². The van der Waals surface area contributed by atoms with Gasteiger partial charge in [0.15, 0.2) is 0 Å². The molecule has 0 bridgehead atoms. The maximum Gasteiger partial charge on any atom is 0.130 e. The van der Waals surface area contributed by atoms with Crippen molar-refractivity contribution >= 4 is 11.5 Å². The van der Waals surface area contributed by atoms with E-state index in [0.717, 1.165) is 30.5 Å². The molecule has 1 saturated heterocycles. The highest BCUT2D eigenvalue weighted by molar-refractivity contribution is 5.50. The molecule has 0 amide bonds. The van der Waals surface area contributed by atoms with Crippen molar-refractivity contribution in [3.63, 3.8) is 0 Å². The molecular weight excluding hydrogens is 210 g/mol. The first kappa shape index (κ1) is 12.2.